The van der Waals surface area contributed by atoms with Crippen LogP contribution in [0.2, 0.25) is 0 Å². The predicted molar refractivity (Wildman–Crippen MR) is 38.3 cm³/mol. The Balaban J connectivity index is 1.86. The minimum Gasteiger partial charge on any atom is -0.317 e. The van der Waals surface area contributed by atoms with Gasteiger partial charge in [0.2, 0.25) is 0 Å². The molecule has 0 aliphatic heterocycles. The summed E-state index contributed by atoms with van der Waals surface area (Å²) in [5.41, 5.74) is 0. The molecule has 52 valence electrons. The third kappa shape index (κ3) is 0.983. The number of hydrogen-bond acceptors (Lipinski definition) is 1. The van der Waals surface area contributed by atoms with Crippen molar-refractivity contribution >= 4 is 0 Å². The van der Waals surface area contributed by atoms with Crippen LogP contribution in [0.3, 0.4) is 0 Å². The lowest BCUT2D eigenvalue weighted by Crippen LogP contribution is -2.28. The van der Waals surface area contributed by atoms with Gasteiger partial charge in [-0.2, -0.15) is 0 Å². The first-order valence-electron chi connectivity index (χ1n) is 4.07. The Kier molecular flexibility index (Phi) is 1.26. The molecule has 3 unspecified atom stereocenters. The predicted octanol–water partition coefficient (Wildman–Crippen LogP) is 1.39. The van der Waals surface area contributed by atoms with Gasteiger partial charge in [-0.05, 0) is 44.6 Å². The summed E-state index contributed by atoms with van der Waals surface area (Å²) in [6.45, 7) is 0. The minimum atomic E-state index is 0.855. The van der Waals surface area contributed by atoms with Gasteiger partial charge in [-0.25, -0.2) is 0 Å². The normalized spacial score (nSPS) is 48.3. The van der Waals surface area contributed by atoms with E-state index in [2.05, 4.69) is 12.4 Å². The maximum atomic E-state index is 3.36. The van der Waals surface area contributed by atoms with Crippen molar-refractivity contribution < 1.29 is 0 Å². The van der Waals surface area contributed by atoms with Crippen molar-refractivity contribution in [2.75, 3.05) is 7.05 Å². The van der Waals surface area contributed by atoms with Gasteiger partial charge in [0, 0.05) is 6.04 Å². The highest BCUT2D eigenvalue weighted by Gasteiger charge is 2.41. The molecule has 3 atom stereocenters. The standard InChI is InChI=1S/C8H15N/c1-9-8-3-2-6-4-7(6)5-8/h6-9H,2-5H2,1H3. The molecule has 2 aliphatic carbocycles. The fraction of sp³-hybridized carbons (Fsp3) is 1.00. The van der Waals surface area contributed by atoms with Crippen molar-refractivity contribution in [2.24, 2.45) is 11.8 Å². The summed E-state index contributed by atoms with van der Waals surface area (Å²) in [5, 5.41) is 3.36. The molecule has 2 aliphatic rings. The van der Waals surface area contributed by atoms with E-state index >= 15 is 0 Å². The summed E-state index contributed by atoms with van der Waals surface area (Å²) in [6.07, 6.45) is 5.92. The molecule has 0 spiro atoms. The van der Waals surface area contributed by atoms with Gasteiger partial charge >= 0.3 is 0 Å². The zero-order valence-corrected chi connectivity index (χ0v) is 6.06. The third-order valence-corrected chi connectivity index (χ3v) is 2.95. The molecule has 2 saturated carbocycles. The van der Waals surface area contributed by atoms with Gasteiger partial charge in [-0.1, -0.05) is 0 Å². The van der Waals surface area contributed by atoms with E-state index in [0.29, 0.717) is 0 Å². The van der Waals surface area contributed by atoms with E-state index in [9.17, 15) is 0 Å². The average Bonchev–Trinajstić information content (AvgIpc) is 2.64. The van der Waals surface area contributed by atoms with Gasteiger partial charge in [-0.3, -0.25) is 0 Å². The lowest BCUT2D eigenvalue weighted by atomic mass is 9.96. The van der Waals surface area contributed by atoms with E-state index in [1.54, 1.807) is 0 Å². The Labute approximate surface area is 56.8 Å². The highest BCUT2D eigenvalue weighted by atomic mass is 14.9. The van der Waals surface area contributed by atoms with Gasteiger partial charge < -0.3 is 5.32 Å². The molecule has 0 aromatic rings. The number of hydrogen-bond donors (Lipinski definition) is 1. The zero-order valence-electron chi connectivity index (χ0n) is 6.06. The Morgan fingerprint density at radius 1 is 1.11 bits per heavy atom. The van der Waals surface area contributed by atoms with Crippen molar-refractivity contribution in [3.8, 4) is 0 Å². The third-order valence-electron chi connectivity index (χ3n) is 2.95. The number of fused-ring (bicyclic) bond motifs is 1. The second-order valence-electron chi connectivity index (χ2n) is 3.55. The summed E-state index contributed by atoms with van der Waals surface area (Å²) in [4.78, 5) is 0. The van der Waals surface area contributed by atoms with Gasteiger partial charge in [-0.15, -0.1) is 0 Å². The highest BCUT2D eigenvalue weighted by Crippen LogP contribution is 2.49. The summed E-state index contributed by atoms with van der Waals surface area (Å²) in [7, 11) is 2.09. The van der Waals surface area contributed by atoms with Crippen LogP contribution in [-0.4, -0.2) is 13.1 Å². The molecule has 2 rings (SSSR count). The topological polar surface area (TPSA) is 12.0 Å². The Morgan fingerprint density at radius 3 is 2.67 bits per heavy atom. The highest BCUT2D eigenvalue weighted by molar-refractivity contribution is 4.94. The summed E-state index contributed by atoms with van der Waals surface area (Å²) in [6, 6.07) is 0.855. The van der Waals surface area contributed by atoms with Crippen molar-refractivity contribution in [1.82, 2.24) is 5.32 Å². The zero-order chi connectivity index (χ0) is 6.27. The molecule has 1 nitrogen and oxygen atoms in total. The monoisotopic (exact) mass is 125 g/mol. The summed E-state index contributed by atoms with van der Waals surface area (Å²) >= 11 is 0. The maximum Gasteiger partial charge on any atom is 0.00669 e. The molecule has 0 radical (unpaired) electrons. The van der Waals surface area contributed by atoms with Crippen molar-refractivity contribution in [3.63, 3.8) is 0 Å². The lowest BCUT2D eigenvalue weighted by Gasteiger charge is -2.19. The molecule has 0 amide bonds. The van der Waals surface area contributed by atoms with Crippen molar-refractivity contribution in [2.45, 2.75) is 31.7 Å². The van der Waals surface area contributed by atoms with E-state index in [-0.39, 0.29) is 0 Å². The molecule has 0 bridgehead atoms. The van der Waals surface area contributed by atoms with Crippen LogP contribution in [-0.2, 0) is 0 Å². The fourth-order valence-electron chi connectivity index (χ4n) is 2.11. The SMILES string of the molecule is CNC1CCC2CC2C1. The molecular formula is C8H15N. The molecule has 0 heterocycles. The van der Waals surface area contributed by atoms with Crippen LogP contribution in [0, 0.1) is 11.8 Å². The summed E-state index contributed by atoms with van der Waals surface area (Å²) < 4.78 is 0. The van der Waals surface area contributed by atoms with E-state index in [0.717, 1.165) is 17.9 Å². The second kappa shape index (κ2) is 1.98. The largest absolute Gasteiger partial charge is 0.317 e. The van der Waals surface area contributed by atoms with Gasteiger partial charge in [0.25, 0.3) is 0 Å². The Bertz CT molecular complexity index is 111. The minimum absolute atomic E-state index is 0.855. The van der Waals surface area contributed by atoms with Crippen molar-refractivity contribution in [1.29, 1.82) is 0 Å². The molecule has 1 N–H and O–H groups in total. The molecule has 1 heteroatoms. The van der Waals surface area contributed by atoms with Crippen LogP contribution in [0.25, 0.3) is 0 Å². The molecule has 9 heavy (non-hydrogen) atoms. The van der Waals surface area contributed by atoms with Crippen LogP contribution in [0.5, 0.6) is 0 Å². The van der Waals surface area contributed by atoms with Gasteiger partial charge in [0.15, 0.2) is 0 Å². The van der Waals surface area contributed by atoms with Crippen LogP contribution in [0.15, 0.2) is 0 Å². The lowest BCUT2D eigenvalue weighted by molar-refractivity contribution is 0.378. The first kappa shape index (κ1) is 5.72. The average molecular weight is 125 g/mol. The second-order valence-corrected chi connectivity index (χ2v) is 3.55. The van der Waals surface area contributed by atoms with E-state index < -0.39 is 0 Å². The van der Waals surface area contributed by atoms with Crippen LogP contribution in [0.1, 0.15) is 25.7 Å². The first-order valence-corrected chi connectivity index (χ1v) is 4.07. The smallest absolute Gasteiger partial charge is 0.00669 e. The first-order chi connectivity index (χ1) is 4.40. The van der Waals surface area contributed by atoms with Crippen LogP contribution >= 0.6 is 0 Å². The Hall–Kier alpha value is -0.0400. The number of rotatable bonds is 1. The Morgan fingerprint density at radius 2 is 2.00 bits per heavy atom. The van der Waals surface area contributed by atoms with E-state index in [1.165, 1.54) is 25.7 Å². The van der Waals surface area contributed by atoms with E-state index in [1.807, 2.05) is 0 Å². The maximum absolute atomic E-state index is 3.36. The van der Waals surface area contributed by atoms with Gasteiger partial charge in [0.05, 0.1) is 0 Å². The molecule has 2 fully saturated rings. The quantitative estimate of drug-likeness (QED) is 0.558. The summed E-state index contributed by atoms with van der Waals surface area (Å²) in [5.74, 6) is 2.27. The molecular weight excluding hydrogens is 110 g/mol. The van der Waals surface area contributed by atoms with Crippen LogP contribution in [0.4, 0.5) is 0 Å². The molecule has 0 aromatic heterocycles. The van der Waals surface area contributed by atoms with E-state index in [4.69, 9.17) is 0 Å². The van der Waals surface area contributed by atoms with Crippen molar-refractivity contribution in [3.05, 3.63) is 0 Å². The number of nitrogens with one attached hydrogen (secondary N) is 1. The molecule has 0 saturated heterocycles. The van der Waals surface area contributed by atoms with Crippen LogP contribution < -0.4 is 5.32 Å². The van der Waals surface area contributed by atoms with Gasteiger partial charge in [0.1, 0.15) is 0 Å². The molecule has 0 aromatic carbocycles. The fourth-order valence-corrected chi connectivity index (χ4v) is 2.11.